The summed E-state index contributed by atoms with van der Waals surface area (Å²) < 4.78 is 0. The van der Waals surface area contributed by atoms with Crippen LogP contribution in [0.1, 0.15) is 12.0 Å². The first-order valence-electron chi connectivity index (χ1n) is 5.43. The molecule has 4 N–H and O–H groups in total. The maximum Gasteiger partial charge on any atom is 0.326 e. The summed E-state index contributed by atoms with van der Waals surface area (Å²) >= 11 is 5.70. The predicted molar refractivity (Wildman–Crippen MR) is 68.5 cm³/mol. The fraction of sp³-hybridized carbons (Fsp3) is 0.250. The van der Waals surface area contributed by atoms with E-state index in [-0.39, 0.29) is 6.42 Å². The molecule has 0 unspecified atom stereocenters. The maximum atomic E-state index is 11.6. The van der Waals surface area contributed by atoms with Crippen LogP contribution in [-0.2, 0) is 20.8 Å². The van der Waals surface area contributed by atoms with Crippen molar-refractivity contribution < 1.29 is 19.5 Å². The molecular formula is C12H13ClN2O4. The van der Waals surface area contributed by atoms with Crippen LogP contribution < -0.4 is 11.1 Å². The number of benzene rings is 1. The van der Waals surface area contributed by atoms with Crippen LogP contribution in [0.3, 0.4) is 0 Å². The summed E-state index contributed by atoms with van der Waals surface area (Å²) in [6, 6.07) is 5.26. The van der Waals surface area contributed by atoms with Crippen molar-refractivity contribution in [3.8, 4) is 0 Å². The van der Waals surface area contributed by atoms with Gasteiger partial charge >= 0.3 is 5.97 Å². The second-order valence-corrected chi connectivity index (χ2v) is 4.37. The summed E-state index contributed by atoms with van der Waals surface area (Å²) in [7, 11) is 0. The van der Waals surface area contributed by atoms with Crippen LogP contribution in [0.5, 0.6) is 0 Å². The Morgan fingerprint density at radius 3 is 2.32 bits per heavy atom. The summed E-state index contributed by atoms with van der Waals surface area (Å²) in [5.74, 6) is -2.60. The number of halogens is 1. The average Bonchev–Trinajstić information content (AvgIpc) is 2.30. The number of carboxylic acids is 1. The van der Waals surface area contributed by atoms with Gasteiger partial charge in [0.1, 0.15) is 6.04 Å². The van der Waals surface area contributed by atoms with Gasteiger partial charge in [-0.15, -0.1) is 0 Å². The number of carbonyl (C=O) groups excluding carboxylic acids is 2. The van der Waals surface area contributed by atoms with Crippen molar-refractivity contribution in [2.24, 2.45) is 5.73 Å². The number of hydrogen-bond acceptors (Lipinski definition) is 3. The van der Waals surface area contributed by atoms with E-state index in [0.717, 1.165) is 0 Å². The van der Waals surface area contributed by atoms with Crippen molar-refractivity contribution in [3.63, 3.8) is 0 Å². The molecule has 0 saturated heterocycles. The number of hydrogen-bond donors (Lipinski definition) is 3. The topological polar surface area (TPSA) is 109 Å². The molecule has 0 aliphatic carbocycles. The second kappa shape index (κ2) is 6.75. The lowest BCUT2D eigenvalue weighted by molar-refractivity contribution is -0.143. The molecule has 7 heteroatoms. The highest BCUT2D eigenvalue weighted by molar-refractivity contribution is 6.30. The Hall–Kier alpha value is -2.08. The standard InChI is InChI=1S/C12H13ClN2O4/c13-8-3-1-7(2-4-8)5-11(17)15-9(12(18)19)6-10(14)16/h1-4,9H,5-6H2,(H2,14,16)(H,15,17)(H,18,19)/t9-/m1/s1. The fourth-order valence-corrected chi connectivity index (χ4v) is 1.56. The molecule has 0 radical (unpaired) electrons. The number of primary amides is 1. The number of carbonyl (C=O) groups is 3. The third kappa shape index (κ3) is 5.39. The molecule has 1 aromatic rings. The van der Waals surface area contributed by atoms with Crippen LogP contribution >= 0.6 is 11.6 Å². The van der Waals surface area contributed by atoms with Crippen LogP contribution in [-0.4, -0.2) is 28.9 Å². The summed E-state index contributed by atoms with van der Waals surface area (Å²) in [6.07, 6.45) is -0.443. The van der Waals surface area contributed by atoms with Gasteiger partial charge in [-0.05, 0) is 17.7 Å². The highest BCUT2D eigenvalue weighted by atomic mass is 35.5. The molecule has 0 bridgehead atoms. The molecule has 19 heavy (non-hydrogen) atoms. The van der Waals surface area contributed by atoms with Crippen molar-refractivity contribution in [3.05, 3.63) is 34.9 Å². The number of rotatable bonds is 6. The molecule has 0 heterocycles. The van der Waals surface area contributed by atoms with E-state index in [2.05, 4.69) is 5.32 Å². The van der Waals surface area contributed by atoms with Crippen molar-refractivity contribution in [1.82, 2.24) is 5.32 Å². The van der Waals surface area contributed by atoms with Crippen LogP contribution in [0.25, 0.3) is 0 Å². The Morgan fingerprint density at radius 2 is 1.84 bits per heavy atom. The molecule has 0 aromatic heterocycles. The average molecular weight is 285 g/mol. The highest BCUT2D eigenvalue weighted by Gasteiger charge is 2.21. The molecule has 0 fully saturated rings. The Morgan fingerprint density at radius 1 is 1.26 bits per heavy atom. The van der Waals surface area contributed by atoms with Crippen molar-refractivity contribution >= 4 is 29.4 Å². The Balaban J connectivity index is 2.59. The van der Waals surface area contributed by atoms with Gasteiger partial charge in [0.15, 0.2) is 0 Å². The Kier molecular flexibility index (Phi) is 5.32. The molecular weight excluding hydrogens is 272 g/mol. The van der Waals surface area contributed by atoms with Gasteiger partial charge in [0.2, 0.25) is 11.8 Å². The van der Waals surface area contributed by atoms with E-state index < -0.39 is 30.2 Å². The quantitative estimate of drug-likeness (QED) is 0.699. The van der Waals surface area contributed by atoms with Gasteiger partial charge in [0.05, 0.1) is 12.8 Å². The van der Waals surface area contributed by atoms with E-state index in [9.17, 15) is 14.4 Å². The molecule has 0 aliphatic rings. The van der Waals surface area contributed by atoms with Crippen molar-refractivity contribution in [2.75, 3.05) is 0 Å². The van der Waals surface area contributed by atoms with E-state index in [1.54, 1.807) is 24.3 Å². The minimum Gasteiger partial charge on any atom is -0.480 e. The highest BCUT2D eigenvalue weighted by Crippen LogP contribution is 2.10. The minimum absolute atomic E-state index is 0.000287. The van der Waals surface area contributed by atoms with Crippen LogP contribution in [0.2, 0.25) is 5.02 Å². The monoisotopic (exact) mass is 284 g/mol. The SMILES string of the molecule is NC(=O)C[C@@H](NC(=O)Cc1ccc(Cl)cc1)C(=O)O. The molecule has 0 spiro atoms. The Bertz CT molecular complexity index is 487. The van der Waals surface area contributed by atoms with Crippen LogP contribution in [0, 0.1) is 0 Å². The Labute approximate surface area is 114 Å². The molecule has 2 amide bonds. The number of nitrogens with one attached hydrogen (secondary N) is 1. The van der Waals surface area contributed by atoms with Gasteiger partial charge in [-0.2, -0.15) is 0 Å². The lowest BCUT2D eigenvalue weighted by Crippen LogP contribution is -2.43. The van der Waals surface area contributed by atoms with Gasteiger partial charge in [0, 0.05) is 5.02 Å². The second-order valence-electron chi connectivity index (χ2n) is 3.93. The third-order valence-electron chi connectivity index (χ3n) is 2.32. The molecule has 1 atom stereocenters. The first-order chi connectivity index (χ1) is 8.88. The van der Waals surface area contributed by atoms with Crippen molar-refractivity contribution in [2.45, 2.75) is 18.9 Å². The predicted octanol–water partition coefficient (Wildman–Crippen LogP) is 0.327. The van der Waals surface area contributed by atoms with E-state index in [1.807, 2.05) is 0 Å². The smallest absolute Gasteiger partial charge is 0.326 e. The van der Waals surface area contributed by atoms with Crippen LogP contribution in [0.15, 0.2) is 24.3 Å². The largest absolute Gasteiger partial charge is 0.480 e. The lowest BCUT2D eigenvalue weighted by atomic mass is 10.1. The molecule has 0 saturated carbocycles. The van der Waals surface area contributed by atoms with Gasteiger partial charge in [-0.25, -0.2) is 4.79 Å². The van der Waals surface area contributed by atoms with Gasteiger partial charge in [-0.3, -0.25) is 9.59 Å². The van der Waals surface area contributed by atoms with Gasteiger partial charge in [-0.1, -0.05) is 23.7 Å². The zero-order valence-electron chi connectivity index (χ0n) is 9.93. The van der Waals surface area contributed by atoms with E-state index in [0.29, 0.717) is 10.6 Å². The third-order valence-corrected chi connectivity index (χ3v) is 2.57. The molecule has 0 aliphatic heterocycles. The summed E-state index contributed by atoms with van der Waals surface area (Å²) in [6.45, 7) is 0. The number of nitrogens with two attached hydrogens (primary N) is 1. The maximum absolute atomic E-state index is 11.6. The molecule has 1 rings (SSSR count). The number of amides is 2. The van der Waals surface area contributed by atoms with E-state index >= 15 is 0 Å². The first kappa shape index (κ1) is 15.0. The summed E-state index contributed by atoms with van der Waals surface area (Å²) in [5.41, 5.74) is 5.59. The zero-order chi connectivity index (χ0) is 14.4. The molecule has 102 valence electrons. The zero-order valence-corrected chi connectivity index (χ0v) is 10.7. The van der Waals surface area contributed by atoms with Gasteiger partial charge < -0.3 is 16.2 Å². The number of carboxylic acid groups (broad SMARTS) is 1. The lowest BCUT2D eigenvalue weighted by Gasteiger charge is -2.12. The summed E-state index contributed by atoms with van der Waals surface area (Å²) in [5, 5.41) is 11.6. The minimum atomic E-state index is -1.31. The van der Waals surface area contributed by atoms with Gasteiger partial charge in [0.25, 0.3) is 0 Å². The first-order valence-corrected chi connectivity index (χ1v) is 5.81. The molecule has 6 nitrogen and oxygen atoms in total. The van der Waals surface area contributed by atoms with E-state index in [1.165, 1.54) is 0 Å². The number of aliphatic carboxylic acids is 1. The normalized spacial score (nSPS) is 11.6. The van der Waals surface area contributed by atoms with Crippen LogP contribution in [0.4, 0.5) is 0 Å². The van der Waals surface area contributed by atoms with E-state index in [4.69, 9.17) is 22.4 Å². The summed E-state index contributed by atoms with van der Waals surface area (Å²) in [4.78, 5) is 33.1. The molecule has 1 aromatic carbocycles. The van der Waals surface area contributed by atoms with Crippen molar-refractivity contribution in [1.29, 1.82) is 0 Å². The fourth-order valence-electron chi connectivity index (χ4n) is 1.43.